The predicted octanol–water partition coefficient (Wildman–Crippen LogP) is -0.690. The van der Waals surface area contributed by atoms with E-state index in [9.17, 15) is 15.0 Å². The minimum absolute atomic E-state index is 0.0429. The first kappa shape index (κ1) is 13.6. The summed E-state index contributed by atoms with van der Waals surface area (Å²) in [5.41, 5.74) is 0. The van der Waals surface area contributed by atoms with Crippen LogP contribution in [0, 0.1) is 5.92 Å². The number of rotatable bonds is 5. The van der Waals surface area contributed by atoms with Crippen LogP contribution in [0.2, 0.25) is 0 Å². The Labute approximate surface area is 95.8 Å². The molecule has 0 bridgehead atoms. The highest BCUT2D eigenvalue weighted by atomic mass is 16.5. The molecule has 0 aromatic heterocycles. The van der Waals surface area contributed by atoms with E-state index in [4.69, 9.17) is 4.74 Å². The van der Waals surface area contributed by atoms with Gasteiger partial charge in [-0.25, -0.2) is 0 Å². The molecule has 94 valence electrons. The molecule has 4 atom stereocenters. The molecule has 1 aliphatic heterocycles. The average molecular weight is 231 g/mol. The van der Waals surface area contributed by atoms with Crippen LogP contribution in [0.5, 0.6) is 0 Å². The number of ether oxygens (including phenoxy) is 1. The van der Waals surface area contributed by atoms with Gasteiger partial charge in [-0.2, -0.15) is 0 Å². The number of likely N-dealkylation sites (N-methyl/N-ethyl adjacent to an activating group) is 1. The maximum absolute atomic E-state index is 11.5. The zero-order valence-corrected chi connectivity index (χ0v) is 10.0. The summed E-state index contributed by atoms with van der Waals surface area (Å²) in [5.74, 6) is -0.0300. The van der Waals surface area contributed by atoms with Crippen molar-refractivity contribution >= 4 is 5.78 Å². The number of carbonyl (C=O) groups is 1. The molecule has 1 heterocycles. The van der Waals surface area contributed by atoms with Crippen LogP contribution in [0.15, 0.2) is 0 Å². The first-order valence-corrected chi connectivity index (χ1v) is 5.66. The van der Waals surface area contributed by atoms with Crippen molar-refractivity contribution in [2.45, 2.75) is 44.7 Å². The average Bonchev–Trinajstić information content (AvgIpc) is 2.47. The van der Waals surface area contributed by atoms with Crippen LogP contribution in [0.4, 0.5) is 0 Å². The van der Waals surface area contributed by atoms with E-state index in [2.05, 4.69) is 5.32 Å². The smallest absolute Gasteiger partial charge is 0.138 e. The molecule has 5 nitrogen and oxygen atoms in total. The van der Waals surface area contributed by atoms with Crippen molar-refractivity contribution in [2.75, 3.05) is 13.6 Å². The van der Waals surface area contributed by atoms with E-state index in [1.807, 2.05) is 13.8 Å². The second-order valence-electron chi connectivity index (χ2n) is 4.58. The number of aliphatic hydroxyl groups is 2. The molecule has 1 fully saturated rings. The van der Waals surface area contributed by atoms with Gasteiger partial charge in [0.05, 0.1) is 12.2 Å². The lowest BCUT2D eigenvalue weighted by molar-refractivity contribution is -0.125. The predicted molar refractivity (Wildman–Crippen MR) is 59.1 cm³/mol. The topological polar surface area (TPSA) is 78.8 Å². The van der Waals surface area contributed by atoms with Crippen molar-refractivity contribution < 1.29 is 19.7 Å². The van der Waals surface area contributed by atoms with Gasteiger partial charge in [-0.1, -0.05) is 13.8 Å². The third-order valence-electron chi connectivity index (χ3n) is 2.91. The lowest BCUT2D eigenvalue weighted by Gasteiger charge is -2.14. The summed E-state index contributed by atoms with van der Waals surface area (Å²) >= 11 is 0. The second kappa shape index (κ2) is 5.72. The summed E-state index contributed by atoms with van der Waals surface area (Å²) in [6.45, 7) is 4.08. The van der Waals surface area contributed by atoms with Gasteiger partial charge in [0.1, 0.15) is 18.0 Å². The molecular formula is C11H21NO4. The van der Waals surface area contributed by atoms with Gasteiger partial charge in [0.15, 0.2) is 0 Å². The summed E-state index contributed by atoms with van der Waals surface area (Å²) in [6.07, 6.45) is -2.75. The Morgan fingerprint density at radius 2 is 1.88 bits per heavy atom. The summed E-state index contributed by atoms with van der Waals surface area (Å²) in [6, 6.07) is 0. The first-order chi connectivity index (χ1) is 7.47. The largest absolute Gasteiger partial charge is 0.388 e. The van der Waals surface area contributed by atoms with Crippen molar-refractivity contribution in [3.05, 3.63) is 0 Å². The maximum atomic E-state index is 11.5. The van der Waals surface area contributed by atoms with E-state index in [0.717, 1.165) is 0 Å². The lowest BCUT2D eigenvalue weighted by Crippen LogP contribution is -2.37. The SMILES string of the molecule is CNC[C@H]1O[C@@H](CC(=O)C(C)C)C(O)C1O. The normalized spacial score (nSPS) is 34.6. The van der Waals surface area contributed by atoms with E-state index < -0.39 is 24.4 Å². The van der Waals surface area contributed by atoms with Gasteiger partial charge < -0.3 is 20.3 Å². The molecule has 16 heavy (non-hydrogen) atoms. The van der Waals surface area contributed by atoms with E-state index in [1.165, 1.54) is 0 Å². The highest BCUT2D eigenvalue weighted by Crippen LogP contribution is 2.24. The fourth-order valence-electron chi connectivity index (χ4n) is 1.80. The molecule has 0 aliphatic carbocycles. The molecule has 5 heteroatoms. The van der Waals surface area contributed by atoms with Crippen molar-refractivity contribution in [2.24, 2.45) is 5.92 Å². The van der Waals surface area contributed by atoms with Crippen molar-refractivity contribution in [3.8, 4) is 0 Å². The third kappa shape index (κ3) is 3.01. The van der Waals surface area contributed by atoms with Crippen LogP contribution >= 0.6 is 0 Å². The quantitative estimate of drug-likeness (QED) is 0.584. The number of hydrogen-bond acceptors (Lipinski definition) is 5. The van der Waals surface area contributed by atoms with Crippen LogP contribution in [0.1, 0.15) is 20.3 Å². The molecule has 1 rings (SSSR count). The molecule has 2 unspecified atom stereocenters. The lowest BCUT2D eigenvalue weighted by atomic mass is 9.99. The van der Waals surface area contributed by atoms with Crippen LogP contribution in [-0.2, 0) is 9.53 Å². The molecule has 0 amide bonds. The molecule has 0 aromatic rings. The van der Waals surface area contributed by atoms with Crippen molar-refractivity contribution in [3.63, 3.8) is 0 Å². The molecule has 1 saturated heterocycles. The molecule has 1 aliphatic rings. The molecule has 0 saturated carbocycles. The fraction of sp³-hybridized carbons (Fsp3) is 0.909. The highest BCUT2D eigenvalue weighted by molar-refractivity contribution is 5.80. The Bertz CT molecular complexity index is 244. The fourth-order valence-corrected chi connectivity index (χ4v) is 1.80. The summed E-state index contributed by atoms with van der Waals surface area (Å²) in [7, 11) is 1.75. The van der Waals surface area contributed by atoms with Gasteiger partial charge in [-0.3, -0.25) is 4.79 Å². The molecule has 0 radical (unpaired) electrons. The van der Waals surface area contributed by atoms with Crippen molar-refractivity contribution in [1.82, 2.24) is 5.32 Å². The third-order valence-corrected chi connectivity index (χ3v) is 2.91. The minimum atomic E-state index is -0.971. The van der Waals surface area contributed by atoms with Gasteiger partial charge >= 0.3 is 0 Å². The maximum Gasteiger partial charge on any atom is 0.138 e. The number of hydrogen-bond donors (Lipinski definition) is 3. The Morgan fingerprint density at radius 1 is 1.31 bits per heavy atom. The van der Waals surface area contributed by atoms with E-state index in [0.29, 0.717) is 6.54 Å². The van der Waals surface area contributed by atoms with Crippen LogP contribution in [0.3, 0.4) is 0 Å². The zero-order valence-electron chi connectivity index (χ0n) is 10.0. The standard InChI is InChI=1S/C11H21NO4/c1-6(2)7(13)4-8-10(14)11(15)9(16-8)5-12-3/h6,8-12,14-15H,4-5H2,1-3H3/t8-,9+,10?,11?/m0/s1. The zero-order chi connectivity index (χ0) is 12.3. The molecule has 0 aromatic carbocycles. The van der Waals surface area contributed by atoms with Gasteiger partial charge in [-0.05, 0) is 7.05 Å². The molecular weight excluding hydrogens is 210 g/mol. The number of Topliss-reactive ketones (excluding diaryl/α,β-unsaturated/α-hetero) is 1. The second-order valence-corrected chi connectivity index (χ2v) is 4.58. The Balaban J connectivity index is 2.53. The Hall–Kier alpha value is -0.490. The summed E-state index contributed by atoms with van der Waals surface area (Å²) < 4.78 is 5.46. The van der Waals surface area contributed by atoms with Gasteiger partial charge in [-0.15, -0.1) is 0 Å². The van der Waals surface area contributed by atoms with Gasteiger partial charge in [0.2, 0.25) is 0 Å². The van der Waals surface area contributed by atoms with Crippen LogP contribution in [-0.4, -0.2) is 54.0 Å². The van der Waals surface area contributed by atoms with Crippen LogP contribution < -0.4 is 5.32 Å². The highest BCUT2D eigenvalue weighted by Gasteiger charge is 2.42. The number of aliphatic hydroxyl groups excluding tert-OH is 2. The van der Waals surface area contributed by atoms with E-state index >= 15 is 0 Å². The Morgan fingerprint density at radius 3 is 2.38 bits per heavy atom. The monoisotopic (exact) mass is 231 g/mol. The first-order valence-electron chi connectivity index (χ1n) is 5.66. The summed E-state index contributed by atoms with van der Waals surface area (Å²) in [4.78, 5) is 11.5. The van der Waals surface area contributed by atoms with E-state index in [-0.39, 0.29) is 18.1 Å². The number of nitrogens with one attached hydrogen (secondary N) is 1. The minimum Gasteiger partial charge on any atom is -0.388 e. The number of ketones is 1. The summed E-state index contributed by atoms with van der Waals surface area (Å²) in [5, 5.41) is 22.3. The molecule has 3 N–H and O–H groups in total. The van der Waals surface area contributed by atoms with Gasteiger partial charge in [0, 0.05) is 18.9 Å². The van der Waals surface area contributed by atoms with Crippen molar-refractivity contribution in [1.29, 1.82) is 0 Å². The Kier molecular flexibility index (Phi) is 4.86. The van der Waals surface area contributed by atoms with Gasteiger partial charge in [0.25, 0.3) is 0 Å². The van der Waals surface area contributed by atoms with E-state index in [1.54, 1.807) is 7.05 Å². The number of carbonyl (C=O) groups excluding carboxylic acids is 1. The van der Waals surface area contributed by atoms with Crippen LogP contribution in [0.25, 0.3) is 0 Å². The molecule has 0 spiro atoms.